The molecule has 5 nitrogen and oxygen atoms in total. The summed E-state index contributed by atoms with van der Waals surface area (Å²) in [5.74, 6) is 0.319. The van der Waals surface area contributed by atoms with Gasteiger partial charge in [0.1, 0.15) is 0 Å². The van der Waals surface area contributed by atoms with E-state index in [2.05, 4.69) is 17.4 Å². The second-order valence-electron chi connectivity index (χ2n) is 7.66. The Bertz CT molecular complexity index is 794. The molecular weight excluding hydrogens is 350 g/mol. The number of piperidine rings is 1. The van der Waals surface area contributed by atoms with Gasteiger partial charge >= 0.3 is 0 Å². The van der Waals surface area contributed by atoms with Gasteiger partial charge in [0.25, 0.3) is 5.91 Å². The highest BCUT2D eigenvalue weighted by atomic mass is 16.2. The highest BCUT2D eigenvalue weighted by molar-refractivity contribution is 5.94. The summed E-state index contributed by atoms with van der Waals surface area (Å²) >= 11 is 0. The molecule has 3 N–H and O–H groups in total. The molecule has 0 bridgehead atoms. The van der Waals surface area contributed by atoms with Gasteiger partial charge in [0.2, 0.25) is 5.91 Å². The number of likely N-dealkylation sites (tertiary alicyclic amines) is 1. The molecule has 0 spiro atoms. The van der Waals surface area contributed by atoms with Crippen molar-refractivity contribution in [1.29, 1.82) is 0 Å². The van der Waals surface area contributed by atoms with Crippen LogP contribution in [0.3, 0.4) is 0 Å². The summed E-state index contributed by atoms with van der Waals surface area (Å²) in [6.07, 6.45) is 1.76. The standard InChI is InChI=1S/C23H29N3O2/c1-16(24)23(28)26-14-12-18(13-15-26)17(2)25-22(27)21-10-8-20(9-11-21)19-6-4-3-5-7-19/h3-11,16-18H,12-15,24H2,1-2H3,(H,25,27)/t16-,17?/m0/s1. The maximum Gasteiger partial charge on any atom is 0.251 e. The van der Waals surface area contributed by atoms with E-state index in [4.69, 9.17) is 5.73 Å². The van der Waals surface area contributed by atoms with Gasteiger partial charge in [-0.05, 0) is 55.9 Å². The molecule has 0 aromatic heterocycles. The van der Waals surface area contributed by atoms with Crippen LogP contribution < -0.4 is 11.1 Å². The Morgan fingerprint density at radius 3 is 2.11 bits per heavy atom. The smallest absolute Gasteiger partial charge is 0.251 e. The van der Waals surface area contributed by atoms with Crippen LogP contribution in [-0.2, 0) is 4.79 Å². The van der Waals surface area contributed by atoms with Crippen LogP contribution >= 0.6 is 0 Å². The summed E-state index contributed by atoms with van der Waals surface area (Å²) in [7, 11) is 0. The van der Waals surface area contributed by atoms with Gasteiger partial charge in [0.15, 0.2) is 0 Å². The molecule has 0 saturated carbocycles. The van der Waals surface area contributed by atoms with E-state index < -0.39 is 6.04 Å². The molecule has 2 aromatic carbocycles. The molecular formula is C23H29N3O2. The Morgan fingerprint density at radius 1 is 0.964 bits per heavy atom. The molecule has 2 aromatic rings. The third-order valence-electron chi connectivity index (χ3n) is 5.56. The summed E-state index contributed by atoms with van der Waals surface area (Å²) in [4.78, 5) is 26.4. The topological polar surface area (TPSA) is 75.4 Å². The molecule has 2 atom stereocenters. The highest BCUT2D eigenvalue weighted by Crippen LogP contribution is 2.22. The van der Waals surface area contributed by atoms with E-state index in [1.54, 1.807) is 6.92 Å². The van der Waals surface area contributed by atoms with Crippen molar-refractivity contribution in [2.75, 3.05) is 13.1 Å². The van der Waals surface area contributed by atoms with Crippen LogP contribution in [0.15, 0.2) is 54.6 Å². The molecule has 1 heterocycles. The van der Waals surface area contributed by atoms with Gasteiger partial charge in [-0.25, -0.2) is 0 Å². The number of amides is 2. The van der Waals surface area contributed by atoms with Crippen LogP contribution in [-0.4, -0.2) is 41.9 Å². The third-order valence-corrected chi connectivity index (χ3v) is 5.56. The lowest BCUT2D eigenvalue weighted by molar-refractivity contribution is -0.133. The minimum Gasteiger partial charge on any atom is -0.349 e. The van der Waals surface area contributed by atoms with Crippen LogP contribution in [0, 0.1) is 5.92 Å². The van der Waals surface area contributed by atoms with Crippen LogP contribution in [0.2, 0.25) is 0 Å². The van der Waals surface area contributed by atoms with E-state index in [0.717, 1.165) is 24.0 Å². The SMILES string of the molecule is CC(NC(=O)c1ccc(-c2ccccc2)cc1)C1CCN(C(=O)[C@H](C)N)CC1. The Hall–Kier alpha value is -2.66. The summed E-state index contributed by atoms with van der Waals surface area (Å²) in [6, 6.07) is 17.4. The Kier molecular flexibility index (Phi) is 6.47. The lowest BCUT2D eigenvalue weighted by atomic mass is 9.90. The second kappa shape index (κ2) is 9.02. The Balaban J connectivity index is 1.54. The van der Waals surface area contributed by atoms with E-state index in [0.29, 0.717) is 24.6 Å². The normalized spacial score (nSPS) is 17.0. The fourth-order valence-electron chi connectivity index (χ4n) is 3.76. The van der Waals surface area contributed by atoms with Crippen LogP contribution in [0.5, 0.6) is 0 Å². The average molecular weight is 380 g/mol. The van der Waals surface area contributed by atoms with Crippen LogP contribution in [0.1, 0.15) is 37.0 Å². The van der Waals surface area contributed by atoms with Crippen molar-refractivity contribution >= 4 is 11.8 Å². The molecule has 0 radical (unpaired) electrons. The summed E-state index contributed by atoms with van der Waals surface area (Å²) in [6.45, 7) is 5.18. The number of hydrogen-bond donors (Lipinski definition) is 2. The number of carbonyl (C=O) groups excluding carboxylic acids is 2. The predicted molar refractivity (Wildman–Crippen MR) is 112 cm³/mol. The first-order valence-electron chi connectivity index (χ1n) is 9.96. The fraction of sp³-hybridized carbons (Fsp3) is 0.391. The maximum absolute atomic E-state index is 12.6. The number of nitrogens with zero attached hydrogens (tertiary/aromatic N) is 1. The number of rotatable bonds is 5. The highest BCUT2D eigenvalue weighted by Gasteiger charge is 2.28. The van der Waals surface area contributed by atoms with Crippen molar-refractivity contribution in [2.24, 2.45) is 11.7 Å². The van der Waals surface area contributed by atoms with Crippen molar-refractivity contribution < 1.29 is 9.59 Å². The van der Waals surface area contributed by atoms with Gasteiger partial charge in [0, 0.05) is 24.7 Å². The molecule has 148 valence electrons. The summed E-state index contributed by atoms with van der Waals surface area (Å²) in [5.41, 5.74) is 8.58. The lowest BCUT2D eigenvalue weighted by Crippen LogP contribution is -2.49. The minimum absolute atomic E-state index is 0.00800. The summed E-state index contributed by atoms with van der Waals surface area (Å²) in [5, 5.41) is 3.12. The van der Waals surface area contributed by atoms with Gasteiger partial charge in [-0.1, -0.05) is 42.5 Å². The van der Waals surface area contributed by atoms with Crippen molar-refractivity contribution in [3.05, 3.63) is 60.2 Å². The predicted octanol–water partition coefficient (Wildman–Crippen LogP) is 3.06. The molecule has 5 heteroatoms. The van der Waals surface area contributed by atoms with Gasteiger partial charge < -0.3 is 16.0 Å². The number of hydrogen-bond acceptors (Lipinski definition) is 3. The molecule has 1 fully saturated rings. The van der Waals surface area contributed by atoms with Gasteiger partial charge in [-0.3, -0.25) is 9.59 Å². The van der Waals surface area contributed by atoms with Crippen molar-refractivity contribution in [3.8, 4) is 11.1 Å². The van der Waals surface area contributed by atoms with Crippen molar-refractivity contribution in [1.82, 2.24) is 10.2 Å². The first-order valence-corrected chi connectivity index (χ1v) is 9.96. The molecule has 3 rings (SSSR count). The molecule has 2 amide bonds. The van der Waals surface area contributed by atoms with Gasteiger partial charge in [-0.15, -0.1) is 0 Å². The minimum atomic E-state index is -0.451. The van der Waals surface area contributed by atoms with E-state index in [1.165, 1.54) is 0 Å². The van der Waals surface area contributed by atoms with Gasteiger partial charge in [-0.2, -0.15) is 0 Å². The van der Waals surface area contributed by atoms with Crippen molar-refractivity contribution in [2.45, 2.75) is 38.8 Å². The van der Waals surface area contributed by atoms with Crippen LogP contribution in [0.25, 0.3) is 11.1 Å². The largest absolute Gasteiger partial charge is 0.349 e. The molecule has 0 aliphatic carbocycles. The van der Waals surface area contributed by atoms with E-state index in [-0.39, 0.29) is 17.9 Å². The fourth-order valence-corrected chi connectivity index (χ4v) is 3.76. The molecule has 1 unspecified atom stereocenters. The molecule has 28 heavy (non-hydrogen) atoms. The van der Waals surface area contributed by atoms with E-state index in [1.807, 2.05) is 54.3 Å². The van der Waals surface area contributed by atoms with E-state index >= 15 is 0 Å². The molecule has 1 saturated heterocycles. The first kappa shape index (κ1) is 20.1. The number of benzene rings is 2. The summed E-state index contributed by atoms with van der Waals surface area (Å²) < 4.78 is 0. The first-order chi connectivity index (χ1) is 13.5. The zero-order chi connectivity index (χ0) is 20.1. The van der Waals surface area contributed by atoms with Crippen molar-refractivity contribution in [3.63, 3.8) is 0 Å². The third kappa shape index (κ3) is 4.78. The number of carbonyl (C=O) groups is 2. The van der Waals surface area contributed by atoms with E-state index in [9.17, 15) is 9.59 Å². The van der Waals surface area contributed by atoms with Crippen LogP contribution in [0.4, 0.5) is 0 Å². The Labute approximate surface area is 166 Å². The molecule has 1 aliphatic heterocycles. The molecule has 1 aliphatic rings. The van der Waals surface area contributed by atoms with Gasteiger partial charge in [0.05, 0.1) is 6.04 Å². The maximum atomic E-state index is 12.6. The monoisotopic (exact) mass is 379 g/mol. The zero-order valence-corrected chi connectivity index (χ0v) is 16.6. The zero-order valence-electron chi connectivity index (χ0n) is 16.6. The second-order valence-corrected chi connectivity index (χ2v) is 7.66. The number of nitrogens with one attached hydrogen (secondary N) is 1. The Morgan fingerprint density at radius 2 is 1.54 bits per heavy atom. The lowest BCUT2D eigenvalue weighted by Gasteiger charge is -2.35. The average Bonchev–Trinajstić information content (AvgIpc) is 2.74. The number of nitrogens with two attached hydrogens (primary N) is 1. The quantitative estimate of drug-likeness (QED) is 0.838.